The zero-order valence-corrected chi connectivity index (χ0v) is 14.6. The molecule has 0 bridgehead atoms. The predicted molar refractivity (Wildman–Crippen MR) is 93.4 cm³/mol. The van der Waals surface area contributed by atoms with Gasteiger partial charge in [-0.25, -0.2) is 4.52 Å². The lowest BCUT2D eigenvalue weighted by Gasteiger charge is -2.11. The van der Waals surface area contributed by atoms with Crippen molar-refractivity contribution in [1.82, 2.24) is 19.8 Å². The van der Waals surface area contributed by atoms with E-state index in [-0.39, 0.29) is 5.91 Å². The van der Waals surface area contributed by atoms with Gasteiger partial charge < -0.3 is 5.32 Å². The molecule has 0 unspecified atom stereocenters. The highest BCUT2D eigenvalue weighted by molar-refractivity contribution is 6.33. The topological polar surface area (TPSA) is 72.2 Å². The molecule has 0 atom stereocenters. The molecule has 7 heteroatoms. The van der Waals surface area contributed by atoms with Crippen LogP contribution in [0, 0.1) is 20.8 Å². The first-order valence-corrected chi connectivity index (χ1v) is 8.05. The van der Waals surface area contributed by atoms with Gasteiger partial charge in [-0.05, 0) is 50.5 Å². The van der Waals surface area contributed by atoms with Crippen molar-refractivity contribution in [2.24, 2.45) is 0 Å². The summed E-state index contributed by atoms with van der Waals surface area (Å²) in [4.78, 5) is 12.2. The van der Waals surface area contributed by atoms with Crippen molar-refractivity contribution in [3.05, 3.63) is 51.9 Å². The van der Waals surface area contributed by atoms with Crippen LogP contribution >= 0.6 is 11.6 Å². The van der Waals surface area contributed by atoms with Gasteiger partial charge in [-0.15, -0.1) is 10.2 Å². The van der Waals surface area contributed by atoms with E-state index in [1.807, 2.05) is 39.0 Å². The monoisotopic (exact) mass is 343 g/mol. The zero-order chi connectivity index (χ0) is 17.3. The van der Waals surface area contributed by atoms with Crippen molar-refractivity contribution in [3.8, 4) is 0 Å². The highest BCUT2D eigenvalue weighted by Gasteiger charge is 2.13. The third-order valence-corrected chi connectivity index (χ3v) is 4.33. The normalized spacial score (nSPS) is 11.0. The van der Waals surface area contributed by atoms with E-state index in [2.05, 4.69) is 20.6 Å². The molecule has 2 aromatic heterocycles. The number of carbonyl (C=O) groups excluding carboxylic acids is 1. The number of aryl methyl sites for hydroxylation is 3. The van der Waals surface area contributed by atoms with Crippen LogP contribution in [0.2, 0.25) is 5.02 Å². The van der Waals surface area contributed by atoms with Crippen molar-refractivity contribution in [2.75, 3.05) is 5.32 Å². The lowest BCUT2D eigenvalue weighted by Crippen LogP contribution is -2.14. The van der Waals surface area contributed by atoms with E-state index in [0.29, 0.717) is 23.6 Å². The molecule has 0 aliphatic rings. The Labute approximate surface area is 144 Å². The molecule has 124 valence electrons. The molecular formula is C17H18ClN5O. The number of nitrogens with zero attached hydrogens (tertiary/aromatic N) is 4. The summed E-state index contributed by atoms with van der Waals surface area (Å²) in [5.41, 5.74) is 5.31. The quantitative estimate of drug-likeness (QED) is 0.789. The fourth-order valence-corrected chi connectivity index (χ4v) is 3.00. The van der Waals surface area contributed by atoms with Crippen molar-refractivity contribution in [3.63, 3.8) is 0 Å². The summed E-state index contributed by atoms with van der Waals surface area (Å²) in [6, 6.07) is 5.56. The molecule has 0 radical (unpaired) electrons. The smallest absolute Gasteiger partial charge is 0.224 e. The van der Waals surface area contributed by atoms with Crippen LogP contribution in [0.25, 0.3) is 5.65 Å². The fraction of sp³-hybridized carbons (Fsp3) is 0.294. The Balaban J connectivity index is 1.72. The molecule has 3 rings (SSSR count). The number of hydrogen-bond donors (Lipinski definition) is 1. The van der Waals surface area contributed by atoms with E-state index < -0.39 is 0 Å². The Morgan fingerprint density at radius 2 is 2.08 bits per heavy atom. The standard InChI is InChI=1S/C17H18ClN5O/c1-10-4-6-15(14(18)8-10)20-16(24)7-5-13-11(2)17-21-19-9-23(17)22-12(13)3/h4,6,8-9H,5,7H2,1-3H3,(H,20,24). The van der Waals surface area contributed by atoms with E-state index in [9.17, 15) is 4.79 Å². The number of hydrogen-bond acceptors (Lipinski definition) is 4. The second kappa shape index (κ2) is 6.57. The molecule has 0 fully saturated rings. The number of amides is 1. The third kappa shape index (κ3) is 3.23. The summed E-state index contributed by atoms with van der Waals surface area (Å²) in [7, 11) is 0. The number of carbonyl (C=O) groups is 1. The number of anilines is 1. The minimum absolute atomic E-state index is 0.0825. The summed E-state index contributed by atoms with van der Waals surface area (Å²) in [5.74, 6) is -0.0825. The summed E-state index contributed by atoms with van der Waals surface area (Å²) in [6.07, 6.45) is 2.51. The summed E-state index contributed by atoms with van der Waals surface area (Å²) >= 11 is 6.15. The number of nitrogens with one attached hydrogen (secondary N) is 1. The van der Waals surface area contributed by atoms with Gasteiger partial charge >= 0.3 is 0 Å². The molecule has 6 nitrogen and oxygen atoms in total. The number of fused-ring (bicyclic) bond motifs is 1. The van der Waals surface area contributed by atoms with E-state index >= 15 is 0 Å². The zero-order valence-electron chi connectivity index (χ0n) is 13.8. The Kier molecular flexibility index (Phi) is 4.49. The molecule has 24 heavy (non-hydrogen) atoms. The Morgan fingerprint density at radius 3 is 2.83 bits per heavy atom. The fourth-order valence-electron chi connectivity index (χ4n) is 2.72. The lowest BCUT2D eigenvalue weighted by atomic mass is 10.0. The van der Waals surface area contributed by atoms with Gasteiger partial charge in [0.1, 0.15) is 6.33 Å². The minimum Gasteiger partial charge on any atom is -0.325 e. The average molecular weight is 344 g/mol. The maximum Gasteiger partial charge on any atom is 0.224 e. The highest BCUT2D eigenvalue weighted by Crippen LogP contribution is 2.23. The molecule has 1 N–H and O–H groups in total. The van der Waals surface area contributed by atoms with Gasteiger partial charge in [0.2, 0.25) is 5.91 Å². The maximum atomic E-state index is 12.2. The van der Waals surface area contributed by atoms with E-state index in [4.69, 9.17) is 11.6 Å². The number of benzene rings is 1. The van der Waals surface area contributed by atoms with Gasteiger partial charge in [0.15, 0.2) is 5.65 Å². The van der Waals surface area contributed by atoms with E-state index in [1.54, 1.807) is 10.8 Å². The first kappa shape index (κ1) is 16.4. The lowest BCUT2D eigenvalue weighted by molar-refractivity contribution is -0.116. The number of rotatable bonds is 4. The van der Waals surface area contributed by atoms with Crippen molar-refractivity contribution < 1.29 is 4.79 Å². The molecular weight excluding hydrogens is 326 g/mol. The second-order valence-electron chi connectivity index (χ2n) is 5.82. The SMILES string of the molecule is Cc1ccc(NC(=O)CCc2c(C)nn3cnnc3c2C)c(Cl)c1. The maximum absolute atomic E-state index is 12.2. The highest BCUT2D eigenvalue weighted by atomic mass is 35.5. The van der Waals surface area contributed by atoms with Crippen LogP contribution in [-0.4, -0.2) is 25.7 Å². The third-order valence-electron chi connectivity index (χ3n) is 4.01. The van der Waals surface area contributed by atoms with Gasteiger partial charge in [0.05, 0.1) is 16.4 Å². The van der Waals surface area contributed by atoms with Gasteiger partial charge in [0, 0.05) is 12.0 Å². The van der Waals surface area contributed by atoms with Gasteiger partial charge in [-0.3, -0.25) is 4.79 Å². The van der Waals surface area contributed by atoms with Crippen LogP contribution in [0.1, 0.15) is 28.8 Å². The van der Waals surface area contributed by atoms with Crippen LogP contribution in [-0.2, 0) is 11.2 Å². The predicted octanol–water partition coefficient (Wildman–Crippen LogP) is 3.27. The van der Waals surface area contributed by atoms with Crippen LogP contribution in [0.3, 0.4) is 0 Å². The van der Waals surface area contributed by atoms with Gasteiger partial charge in [-0.2, -0.15) is 5.10 Å². The number of halogens is 1. The Hall–Kier alpha value is -2.47. The summed E-state index contributed by atoms with van der Waals surface area (Å²) < 4.78 is 1.65. The van der Waals surface area contributed by atoms with Crippen LogP contribution in [0.5, 0.6) is 0 Å². The average Bonchev–Trinajstić information content (AvgIpc) is 2.98. The molecule has 1 aromatic carbocycles. The summed E-state index contributed by atoms with van der Waals surface area (Å²) in [6.45, 7) is 5.86. The van der Waals surface area contributed by atoms with Gasteiger partial charge in [-0.1, -0.05) is 17.7 Å². The molecule has 0 spiro atoms. The molecule has 0 saturated heterocycles. The van der Waals surface area contributed by atoms with Crippen LogP contribution < -0.4 is 5.32 Å². The molecule has 0 aliphatic heterocycles. The van der Waals surface area contributed by atoms with Crippen molar-refractivity contribution in [1.29, 1.82) is 0 Å². The van der Waals surface area contributed by atoms with Crippen LogP contribution in [0.4, 0.5) is 5.69 Å². The Morgan fingerprint density at radius 1 is 1.29 bits per heavy atom. The molecule has 0 aliphatic carbocycles. The van der Waals surface area contributed by atoms with Crippen molar-refractivity contribution >= 4 is 28.8 Å². The largest absolute Gasteiger partial charge is 0.325 e. The van der Waals surface area contributed by atoms with Gasteiger partial charge in [0.25, 0.3) is 0 Å². The molecule has 3 aromatic rings. The van der Waals surface area contributed by atoms with Crippen molar-refractivity contribution in [2.45, 2.75) is 33.6 Å². The first-order chi connectivity index (χ1) is 11.5. The molecule has 0 saturated carbocycles. The Bertz CT molecular complexity index is 919. The number of aromatic nitrogens is 4. The minimum atomic E-state index is -0.0825. The van der Waals surface area contributed by atoms with E-state index in [0.717, 1.165) is 28.0 Å². The van der Waals surface area contributed by atoms with Crippen LogP contribution in [0.15, 0.2) is 24.5 Å². The summed E-state index contributed by atoms with van der Waals surface area (Å²) in [5, 5.41) is 15.8. The first-order valence-electron chi connectivity index (χ1n) is 7.68. The molecule has 1 amide bonds. The second-order valence-corrected chi connectivity index (χ2v) is 6.23. The molecule has 2 heterocycles. The van der Waals surface area contributed by atoms with E-state index in [1.165, 1.54) is 0 Å².